The lowest BCUT2D eigenvalue weighted by molar-refractivity contribution is -0.143. The molecular weight excluding hydrogens is 514 g/mol. The van der Waals surface area contributed by atoms with Crippen LogP contribution in [0.1, 0.15) is 61.0 Å². The molecule has 5 nitrogen and oxygen atoms in total. The zero-order valence-electron chi connectivity index (χ0n) is 20.5. The molecule has 1 atom stereocenters. The predicted molar refractivity (Wildman–Crippen MR) is 124 cm³/mol. The molecule has 1 aliphatic heterocycles. The number of hydrogen-bond donors (Lipinski definition) is 0. The second kappa shape index (κ2) is 10.1. The highest BCUT2D eigenvalue weighted by molar-refractivity contribution is 5.71. The highest BCUT2D eigenvalue weighted by atomic mass is 19.4. The Balaban J connectivity index is 1.60. The summed E-state index contributed by atoms with van der Waals surface area (Å²) in [6, 6.07) is 13.0. The molecule has 204 valence electrons. The first-order valence-corrected chi connectivity index (χ1v) is 12.1. The van der Waals surface area contributed by atoms with Gasteiger partial charge >= 0.3 is 18.4 Å². The van der Waals surface area contributed by atoms with E-state index in [4.69, 9.17) is 9.47 Å². The molecule has 1 aliphatic carbocycles. The van der Waals surface area contributed by atoms with Gasteiger partial charge in [-0.15, -0.1) is 0 Å². The van der Waals surface area contributed by atoms with Crippen LogP contribution in [0.5, 0.6) is 0 Å². The quantitative estimate of drug-likeness (QED) is 0.369. The van der Waals surface area contributed by atoms with Crippen LogP contribution in [-0.2, 0) is 27.2 Å². The molecule has 0 bridgehead atoms. The van der Waals surface area contributed by atoms with Crippen molar-refractivity contribution in [3.8, 4) is 6.07 Å². The van der Waals surface area contributed by atoms with E-state index in [1.165, 1.54) is 11.8 Å². The van der Waals surface area contributed by atoms with Crippen LogP contribution in [0.2, 0.25) is 0 Å². The molecule has 38 heavy (non-hydrogen) atoms. The van der Waals surface area contributed by atoms with Crippen LogP contribution in [0.15, 0.2) is 48.5 Å². The molecular formula is C27H26F6N2O3. The number of nitriles is 1. The minimum atomic E-state index is -4.96. The normalized spacial score (nSPS) is 25.1. The maximum atomic E-state index is 13.3. The van der Waals surface area contributed by atoms with Gasteiger partial charge in [-0.3, -0.25) is 4.90 Å². The Morgan fingerprint density at radius 2 is 1.58 bits per heavy atom. The lowest BCUT2D eigenvalue weighted by Gasteiger charge is -2.46. The topological polar surface area (TPSA) is 62.6 Å². The van der Waals surface area contributed by atoms with Crippen LogP contribution >= 0.6 is 0 Å². The van der Waals surface area contributed by atoms with Crippen molar-refractivity contribution < 1.29 is 40.6 Å². The van der Waals surface area contributed by atoms with Crippen LogP contribution in [0.4, 0.5) is 31.1 Å². The van der Waals surface area contributed by atoms with Crippen LogP contribution < -0.4 is 0 Å². The summed E-state index contributed by atoms with van der Waals surface area (Å²) in [7, 11) is 0. The summed E-state index contributed by atoms with van der Waals surface area (Å²) in [5, 5.41) is 10.00. The molecule has 4 rings (SSSR count). The fourth-order valence-electron chi connectivity index (χ4n) is 5.27. The summed E-state index contributed by atoms with van der Waals surface area (Å²) in [4.78, 5) is 13.6. The van der Waals surface area contributed by atoms with Gasteiger partial charge in [0, 0.05) is 5.41 Å². The fraction of sp³-hybridized carbons (Fsp3) is 0.481. The van der Waals surface area contributed by atoms with E-state index < -0.39 is 46.6 Å². The third-order valence-corrected chi connectivity index (χ3v) is 7.60. The maximum Gasteiger partial charge on any atom is 0.416 e. The Morgan fingerprint density at radius 3 is 2.05 bits per heavy atom. The molecule has 2 fully saturated rings. The molecule has 0 aromatic heterocycles. The lowest BCUT2D eigenvalue weighted by Crippen LogP contribution is -2.53. The highest BCUT2D eigenvalue weighted by Crippen LogP contribution is 2.47. The van der Waals surface area contributed by atoms with E-state index in [2.05, 4.69) is 6.07 Å². The molecule has 0 N–H and O–H groups in total. The first-order valence-electron chi connectivity index (χ1n) is 12.1. The van der Waals surface area contributed by atoms with E-state index in [1.807, 2.05) is 30.3 Å². The van der Waals surface area contributed by atoms with Gasteiger partial charge in [0.05, 0.1) is 36.5 Å². The van der Waals surface area contributed by atoms with Crippen LogP contribution in [0.3, 0.4) is 0 Å². The summed E-state index contributed by atoms with van der Waals surface area (Å²) in [5.74, 6) is 0. The van der Waals surface area contributed by atoms with Gasteiger partial charge in [0.15, 0.2) is 0 Å². The van der Waals surface area contributed by atoms with Gasteiger partial charge in [-0.2, -0.15) is 31.6 Å². The zero-order chi connectivity index (χ0) is 27.8. The number of hydrogen-bond acceptors (Lipinski definition) is 4. The van der Waals surface area contributed by atoms with Gasteiger partial charge in [0.1, 0.15) is 12.1 Å². The van der Waals surface area contributed by atoms with Crippen molar-refractivity contribution in [1.29, 1.82) is 5.26 Å². The SMILES string of the molecule is C[C@@H](OC[C@]1(c2ccccc2)CC[C@@](C#N)(N2CCOC2=O)CC1)c1cc(C(F)(F)F)cc(C(F)(F)F)c1. The van der Waals surface area contributed by atoms with Gasteiger partial charge in [0.25, 0.3) is 0 Å². The number of carbonyl (C=O) groups is 1. The minimum absolute atomic E-state index is 0.00172. The van der Waals surface area contributed by atoms with Crippen LogP contribution in [0.25, 0.3) is 0 Å². The van der Waals surface area contributed by atoms with Crippen molar-refractivity contribution >= 4 is 6.09 Å². The molecule has 1 saturated carbocycles. The molecule has 0 radical (unpaired) electrons. The second-order valence-corrected chi connectivity index (χ2v) is 9.85. The molecule has 0 spiro atoms. The van der Waals surface area contributed by atoms with E-state index in [-0.39, 0.29) is 24.8 Å². The molecule has 1 amide bonds. The lowest BCUT2D eigenvalue weighted by atomic mass is 9.64. The summed E-state index contributed by atoms with van der Waals surface area (Å²) in [6.45, 7) is 1.91. The Labute approximate surface area is 215 Å². The first-order chi connectivity index (χ1) is 17.8. The van der Waals surface area contributed by atoms with Gasteiger partial charge in [-0.1, -0.05) is 30.3 Å². The van der Waals surface area contributed by atoms with Crippen LogP contribution in [0, 0.1) is 11.3 Å². The number of cyclic esters (lactones) is 1. The van der Waals surface area contributed by atoms with E-state index >= 15 is 0 Å². The van der Waals surface area contributed by atoms with E-state index in [1.54, 1.807) is 0 Å². The monoisotopic (exact) mass is 540 g/mol. The number of nitrogens with zero attached hydrogens (tertiary/aromatic N) is 2. The Kier molecular flexibility index (Phi) is 7.40. The van der Waals surface area contributed by atoms with Gasteiger partial charge in [-0.05, 0) is 61.9 Å². The predicted octanol–water partition coefficient (Wildman–Crippen LogP) is 7.03. The van der Waals surface area contributed by atoms with Crippen molar-refractivity contribution in [3.05, 3.63) is 70.8 Å². The van der Waals surface area contributed by atoms with E-state index in [0.29, 0.717) is 44.4 Å². The standard InChI is InChI=1S/C27H26F6N2O3/c1-18(19-13-21(26(28,29)30)15-22(14-19)27(31,32)33)38-17-24(20-5-3-2-4-6-20)7-9-25(16-34,10-8-24)35-11-12-37-23(35)36/h2-6,13-15,18H,7-12,17H2,1H3/t18-,24-,25+/m1/s1. The molecule has 11 heteroatoms. The summed E-state index contributed by atoms with van der Waals surface area (Å²) >= 11 is 0. The number of alkyl halides is 6. The molecule has 2 aromatic rings. The summed E-state index contributed by atoms with van der Waals surface area (Å²) in [5.41, 5.74) is -3.87. The molecule has 1 saturated heterocycles. The minimum Gasteiger partial charge on any atom is -0.447 e. The second-order valence-electron chi connectivity index (χ2n) is 9.85. The number of amides is 1. The fourth-order valence-corrected chi connectivity index (χ4v) is 5.27. The van der Waals surface area contributed by atoms with E-state index in [9.17, 15) is 36.4 Å². The molecule has 0 unspecified atom stereocenters. The molecule has 2 aromatic carbocycles. The van der Waals surface area contributed by atoms with Crippen molar-refractivity contribution in [2.45, 2.75) is 62.0 Å². The number of ether oxygens (including phenoxy) is 2. The largest absolute Gasteiger partial charge is 0.447 e. The zero-order valence-corrected chi connectivity index (χ0v) is 20.5. The first kappa shape index (κ1) is 27.8. The Morgan fingerprint density at radius 1 is 1.00 bits per heavy atom. The summed E-state index contributed by atoms with van der Waals surface area (Å²) < 4.78 is 91.1. The Hall–Kier alpha value is -3.26. The maximum absolute atomic E-state index is 13.3. The number of carbonyl (C=O) groups excluding carboxylic acids is 1. The van der Waals surface area contributed by atoms with Crippen molar-refractivity contribution in [1.82, 2.24) is 4.90 Å². The average molecular weight is 541 g/mol. The highest BCUT2D eigenvalue weighted by Gasteiger charge is 2.50. The Bertz CT molecular complexity index is 1170. The van der Waals surface area contributed by atoms with Crippen molar-refractivity contribution in [2.75, 3.05) is 19.8 Å². The number of halogens is 6. The number of benzene rings is 2. The third kappa shape index (κ3) is 5.46. The van der Waals surface area contributed by atoms with Gasteiger partial charge in [0.2, 0.25) is 0 Å². The van der Waals surface area contributed by atoms with Crippen molar-refractivity contribution in [2.24, 2.45) is 0 Å². The average Bonchev–Trinajstić information content (AvgIpc) is 3.33. The smallest absolute Gasteiger partial charge is 0.416 e. The van der Waals surface area contributed by atoms with Crippen LogP contribution in [-0.4, -0.2) is 36.3 Å². The third-order valence-electron chi connectivity index (χ3n) is 7.60. The number of rotatable bonds is 6. The molecule has 2 aliphatic rings. The summed E-state index contributed by atoms with van der Waals surface area (Å²) in [6.07, 6.45) is -10.1. The molecule has 1 heterocycles. The van der Waals surface area contributed by atoms with Crippen molar-refractivity contribution in [3.63, 3.8) is 0 Å². The van der Waals surface area contributed by atoms with Gasteiger partial charge < -0.3 is 9.47 Å². The van der Waals surface area contributed by atoms with E-state index in [0.717, 1.165) is 5.56 Å². The van der Waals surface area contributed by atoms with Gasteiger partial charge in [-0.25, -0.2) is 4.79 Å².